The van der Waals surface area contributed by atoms with Crippen LogP contribution >= 0.6 is 0 Å². The second kappa shape index (κ2) is 19.0. The van der Waals surface area contributed by atoms with Gasteiger partial charge in [-0.3, -0.25) is 0 Å². The number of carboxylic acid groups (broad SMARTS) is 1. The van der Waals surface area contributed by atoms with Gasteiger partial charge in [0.2, 0.25) is 0 Å². The van der Waals surface area contributed by atoms with Crippen molar-refractivity contribution in [2.24, 2.45) is 46.4 Å². The molecule has 7 unspecified atom stereocenters. The van der Waals surface area contributed by atoms with Crippen LogP contribution < -0.4 is 5.32 Å². The second-order valence-electron chi connectivity index (χ2n) is 17.5. The topological polar surface area (TPSA) is 191 Å². The number of aliphatic hydroxyl groups is 5. The van der Waals surface area contributed by atoms with Gasteiger partial charge in [-0.15, -0.1) is 4.99 Å². The van der Waals surface area contributed by atoms with E-state index in [2.05, 4.69) is 36.3 Å². The molecular weight excluding hydrogens is 692 g/mol. The molecule has 12 nitrogen and oxygen atoms in total. The van der Waals surface area contributed by atoms with Gasteiger partial charge in [-0.25, -0.2) is 4.79 Å². The van der Waals surface area contributed by atoms with Gasteiger partial charge >= 0.3 is 5.97 Å². The zero-order chi connectivity index (χ0) is 38.4. The van der Waals surface area contributed by atoms with Crippen molar-refractivity contribution in [2.75, 3.05) is 19.7 Å². The average molecular weight is 760 g/mol. The molecule has 5 fully saturated rings. The fourth-order valence-corrected chi connectivity index (χ4v) is 10.4. The summed E-state index contributed by atoms with van der Waals surface area (Å²) in [6, 6.07) is 0. The standard InChI is InChI=1S/C42H66N2O10/c1-3-27-8-4-5-9-28(27)10-6-7-25(2)30(19-26-17-18-43-21-26)22-44-24-42(51)39(48)37(47)38(40(49)50)54-41(42)53-32-15-16-33-35(20-32)52-23-34(36(33)46)29-11-13-31(45)14-12-29/h6,10,17-18,21,25,27-39,41,44-48,51H,3-5,7-9,11-16,19-20,22-24H2,1-2H3/p+1/t25-,27?,28?,29?,30-,31?,32?,33?,34?,35?,36?,37+,38-,39-,41+,42-/m0/s1. The highest BCUT2D eigenvalue weighted by Crippen LogP contribution is 2.44. The molecule has 12 heteroatoms. The summed E-state index contributed by atoms with van der Waals surface area (Å²) in [6.45, 7) is 7.01. The van der Waals surface area contributed by atoms with E-state index in [4.69, 9.17) is 14.2 Å². The molecule has 3 saturated carbocycles. The molecule has 0 spiro atoms. The fourth-order valence-electron chi connectivity index (χ4n) is 10.4. The predicted molar refractivity (Wildman–Crippen MR) is 203 cm³/mol. The third-order valence-electron chi connectivity index (χ3n) is 14.0. The molecule has 0 aromatic carbocycles. The van der Waals surface area contributed by atoms with Crippen LogP contribution in [0.1, 0.15) is 104 Å². The lowest BCUT2D eigenvalue weighted by Gasteiger charge is -2.50. The van der Waals surface area contributed by atoms with Crippen LogP contribution in [-0.4, -0.2) is 117 Å². The van der Waals surface area contributed by atoms with Crippen LogP contribution in [0.4, 0.5) is 0 Å². The van der Waals surface area contributed by atoms with Crippen molar-refractivity contribution in [3.63, 3.8) is 0 Å². The second-order valence-corrected chi connectivity index (χ2v) is 17.5. The van der Waals surface area contributed by atoms with E-state index in [1.54, 1.807) is 6.54 Å². The third-order valence-corrected chi connectivity index (χ3v) is 14.0. The number of rotatable bonds is 15. The predicted octanol–water partition coefficient (Wildman–Crippen LogP) is 3.93. The molecule has 304 valence electrons. The molecular formula is C42H67N2O10+. The monoisotopic (exact) mass is 759 g/mol. The van der Waals surface area contributed by atoms with Crippen molar-refractivity contribution in [2.45, 2.75) is 158 Å². The van der Waals surface area contributed by atoms with Gasteiger partial charge in [-0.2, -0.15) is 0 Å². The fraction of sp³-hybridized carbons (Fsp3) is 0.833. The number of nitrogens with one attached hydrogen (secondary N) is 1. The Labute approximate surface area is 321 Å². The molecule has 0 bridgehead atoms. The number of fused-ring (bicyclic) bond motifs is 1. The lowest BCUT2D eigenvalue weighted by Crippen LogP contribution is -2.71. The van der Waals surface area contributed by atoms with E-state index in [0.29, 0.717) is 44.2 Å². The number of aliphatic hydroxyl groups excluding tert-OH is 4. The van der Waals surface area contributed by atoms with Crippen LogP contribution in [0.25, 0.3) is 0 Å². The van der Waals surface area contributed by atoms with Crippen molar-refractivity contribution < 1.29 is 49.6 Å². The molecule has 54 heavy (non-hydrogen) atoms. The summed E-state index contributed by atoms with van der Waals surface area (Å²) < 4.78 is 18.5. The van der Waals surface area contributed by atoms with Crippen LogP contribution in [-0.2, 0) is 19.0 Å². The van der Waals surface area contributed by atoms with E-state index < -0.39 is 48.4 Å². The smallest absolute Gasteiger partial charge is 0.335 e. The van der Waals surface area contributed by atoms with E-state index in [-0.39, 0.29) is 42.4 Å². The Morgan fingerprint density at radius 3 is 2.57 bits per heavy atom. The molecule has 0 aromatic heterocycles. The number of hydrogen-bond acceptors (Lipinski definition) is 11. The summed E-state index contributed by atoms with van der Waals surface area (Å²) in [7, 11) is 0. The number of nitrogens with zero attached hydrogens (tertiary/aromatic N) is 1. The van der Waals surface area contributed by atoms with E-state index in [9.17, 15) is 35.4 Å². The van der Waals surface area contributed by atoms with Crippen molar-refractivity contribution in [1.29, 1.82) is 0 Å². The molecule has 0 radical (unpaired) electrons. The maximum absolute atomic E-state index is 12.1. The number of ether oxygens (including phenoxy) is 3. The number of aliphatic carboxylic acids is 1. The van der Waals surface area contributed by atoms with Gasteiger partial charge < -0.3 is 50.2 Å². The number of carboxylic acids is 1. The van der Waals surface area contributed by atoms with E-state index in [1.807, 2.05) is 12.3 Å². The van der Waals surface area contributed by atoms with Crippen molar-refractivity contribution in [3.8, 4) is 0 Å². The molecule has 6 rings (SSSR count). The summed E-state index contributed by atoms with van der Waals surface area (Å²) >= 11 is 0. The third kappa shape index (κ3) is 9.80. The van der Waals surface area contributed by atoms with Gasteiger partial charge in [0.15, 0.2) is 24.2 Å². The van der Waals surface area contributed by atoms with Gasteiger partial charge in [-0.05, 0) is 93.9 Å². The lowest BCUT2D eigenvalue weighted by atomic mass is 9.69. The molecule has 0 amide bonds. The highest BCUT2D eigenvalue weighted by Gasteiger charge is 2.58. The number of hydrogen-bond donors (Lipinski definition) is 7. The first-order valence-corrected chi connectivity index (χ1v) is 21.0. The Morgan fingerprint density at radius 2 is 1.85 bits per heavy atom. The van der Waals surface area contributed by atoms with Crippen molar-refractivity contribution in [3.05, 3.63) is 30.3 Å². The van der Waals surface area contributed by atoms with E-state index >= 15 is 0 Å². The highest BCUT2D eigenvalue weighted by molar-refractivity contribution is 5.82. The maximum atomic E-state index is 12.1. The number of aliphatic imine (C=N–C) groups is 1. The molecule has 14 atom stereocenters. The number of carbonyl (C=O) groups is 1. The molecule has 0 aromatic rings. The SMILES string of the molecule is CCC1CCCCC1C=CC[C@H](C)[C@H](CNC[C@@]1(O)[C@H](OC2CCC3C(C2)OCC(C2CCC(O)CC2)C3O)O[C@H](C(=O)O)[C@@H](O)[C@@H]1O)CC1=C[CH+]N=C1. The zero-order valence-electron chi connectivity index (χ0n) is 32.3. The molecule has 3 heterocycles. The minimum absolute atomic E-state index is 0.0188. The summed E-state index contributed by atoms with van der Waals surface area (Å²) in [5.74, 6) is 0.613. The normalized spacial score (nSPS) is 42.6. The van der Waals surface area contributed by atoms with Gasteiger partial charge in [-0.1, -0.05) is 45.3 Å². The summed E-state index contributed by atoms with van der Waals surface area (Å²) in [5.41, 5.74) is -1.04. The minimum Gasteiger partial charge on any atom is -0.479 e. The van der Waals surface area contributed by atoms with E-state index in [0.717, 1.165) is 50.0 Å². The van der Waals surface area contributed by atoms with Crippen LogP contribution in [0, 0.1) is 48.0 Å². The molecule has 6 aliphatic rings. The first-order valence-electron chi connectivity index (χ1n) is 21.0. The van der Waals surface area contributed by atoms with Gasteiger partial charge in [0.25, 0.3) is 0 Å². The Bertz CT molecular complexity index is 1300. The van der Waals surface area contributed by atoms with Crippen LogP contribution in [0.2, 0.25) is 0 Å². The van der Waals surface area contributed by atoms with Crippen molar-refractivity contribution in [1.82, 2.24) is 5.32 Å². The Kier molecular flexibility index (Phi) is 14.7. The molecule has 7 N–H and O–H groups in total. The van der Waals surface area contributed by atoms with E-state index in [1.165, 1.54) is 32.1 Å². The zero-order valence-corrected chi connectivity index (χ0v) is 32.3. The van der Waals surface area contributed by atoms with Crippen LogP contribution in [0.3, 0.4) is 0 Å². The molecule has 3 aliphatic heterocycles. The maximum Gasteiger partial charge on any atom is 0.335 e. The van der Waals surface area contributed by atoms with Gasteiger partial charge in [0, 0.05) is 31.2 Å². The summed E-state index contributed by atoms with van der Waals surface area (Å²) in [6.07, 6.45) is 12.9. The first kappa shape index (κ1) is 41.8. The van der Waals surface area contributed by atoms with Crippen LogP contribution in [0.5, 0.6) is 0 Å². The Balaban J connectivity index is 1.09. The lowest BCUT2D eigenvalue weighted by molar-refractivity contribution is -0.345. The van der Waals surface area contributed by atoms with Crippen molar-refractivity contribution >= 4 is 12.2 Å². The van der Waals surface area contributed by atoms with Gasteiger partial charge in [0.1, 0.15) is 24.3 Å². The molecule has 2 saturated heterocycles. The Morgan fingerprint density at radius 1 is 1.07 bits per heavy atom. The van der Waals surface area contributed by atoms with Crippen LogP contribution in [0.15, 0.2) is 28.8 Å². The highest BCUT2D eigenvalue weighted by atomic mass is 16.7. The quantitative estimate of drug-likeness (QED) is 0.0947. The summed E-state index contributed by atoms with van der Waals surface area (Å²) in [4.78, 5) is 16.3. The first-order chi connectivity index (χ1) is 26.0. The number of allylic oxidation sites excluding steroid dienone is 3. The van der Waals surface area contributed by atoms with Gasteiger partial charge in [0.05, 0.1) is 37.1 Å². The average Bonchev–Trinajstić information content (AvgIpc) is 3.69. The Hall–Kier alpha value is -1.87. The largest absolute Gasteiger partial charge is 0.479 e. The summed E-state index contributed by atoms with van der Waals surface area (Å²) in [5, 5.41) is 68.8. The minimum atomic E-state index is -2.16. The molecule has 3 aliphatic carbocycles.